The van der Waals surface area contributed by atoms with Crippen molar-refractivity contribution in [2.24, 2.45) is 5.73 Å². The molecule has 108 valence electrons. The fraction of sp³-hybridized carbons (Fsp3) is 0.188. The molecule has 0 saturated heterocycles. The van der Waals surface area contributed by atoms with Crippen LogP contribution < -0.4 is 10.3 Å². The Labute approximate surface area is 122 Å². The second kappa shape index (κ2) is 5.75. The van der Waals surface area contributed by atoms with Crippen LogP contribution in [0.25, 0.3) is 0 Å². The third-order valence-corrected chi connectivity index (χ3v) is 3.41. The number of aromatic carboxylic acids is 1. The zero-order valence-corrected chi connectivity index (χ0v) is 12.0. The Bertz CT molecular complexity index is 706. The standard InChI is InChI=1S/C16H16N2O3/c1-10-7-11(2)18(9-14(10)15(17)19)8-12-3-5-13(6-4-12)16(20)21/h3-7,9H,8H2,1-2H3,(H2-,17,19,20,21)/p+1. The Balaban J connectivity index is 2.32. The van der Waals surface area contributed by atoms with Gasteiger partial charge >= 0.3 is 5.97 Å². The van der Waals surface area contributed by atoms with Crippen LogP contribution in [0.2, 0.25) is 0 Å². The Kier molecular flexibility index (Phi) is 4.03. The molecule has 0 radical (unpaired) electrons. The van der Waals surface area contributed by atoms with E-state index in [0.29, 0.717) is 12.1 Å². The van der Waals surface area contributed by atoms with Gasteiger partial charge in [0.05, 0.1) is 5.56 Å². The Morgan fingerprint density at radius 3 is 2.33 bits per heavy atom. The van der Waals surface area contributed by atoms with Crippen molar-refractivity contribution in [1.82, 2.24) is 0 Å². The summed E-state index contributed by atoms with van der Waals surface area (Å²) >= 11 is 0. The van der Waals surface area contributed by atoms with Gasteiger partial charge in [-0.3, -0.25) is 4.79 Å². The molecule has 0 saturated carbocycles. The van der Waals surface area contributed by atoms with E-state index in [1.807, 2.05) is 24.5 Å². The van der Waals surface area contributed by atoms with E-state index in [1.165, 1.54) is 0 Å². The molecule has 2 aromatic rings. The van der Waals surface area contributed by atoms with Crippen molar-refractivity contribution in [3.8, 4) is 0 Å². The summed E-state index contributed by atoms with van der Waals surface area (Å²) in [6.45, 7) is 4.34. The van der Waals surface area contributed by atoms with E-state index in [1.54, 1.807) is 30.5 Å². The topological polar surface area (TPSA) is 84.3 Å². The quantitative estimate of drug-likeness (QED) is 0.834. The Morgan fingerprint density at radius 1 is 1.19 bits per heavy atom. The summed E-state index contributed by atoms with van der Waals surface area (Å²) in [7, 11) is 0. The minimum Gasteiger partial charge on any atom is -0.478 e. The lowest BCUT2D eigenvalue weighted by Crippen LogP contribution is -2.39. The molecule has 0 aliphatic heterocycles. The molecule has 1 heterocycles. The Hall–Kier alpha value is -2.69. The first-order chi connectivity index (χ1) is 9.88. The normalized spacial score (nSPS) is 10.4. The first-order valence-electron chi connectivity index (χ1n) is 6.51. The lowest BCUT2D eigenvalue weighted by atomic mass is 10.1. The minimum atomic E-state index is -0.947. The van der Waals surface area contributed by atoms with Crippen molar-refractivity contribution >= 4 is 11.9 Å². The van der Waals surface area contributed by atoms with Gasteiger partial charge in [0.25, 0.3) is 5.91 Å². The van der Waals surface area contributed by atoms with E-state index in [9.17, 15) is 9.59 Å². The van der Waals surface area contributed by atoms with Gasteiger partial charge in [-0.25, -0.2) is 4.79 Å². The molecule has 0 aliphatic carbocycles. The lowest BCUT2D eigenvalue weighted by Gasteiger charge is -2.06. The van der Waals surface area contributed by atoms with E-state index >= 15 is 0 Å². The highest BCUT2D eigenvalue weighted by molar-refractivity contribution is 5.93. The first-order valence-corrected chi connectivity index (χ1v) is 6.51. The van der Waals surface area contributed by atoms with E-state index in [-0.39, 0.29) is 5.56 Å². The van der Waals surface area contributed by atoms with E-state index in [4.69, 9.17) is 10.8 Å². The molecule has 0 unspecified atom stereocenters. The van der Waals surface area contributed by atoms with Crippen LogP contribution in [0.5, 0.6) is 0 Å². The number of hydrogen-bond acceptors (Lipinski definition) is 2. The molecule has 0 spiro atoms. The zero-order valence-electron chi connectivity index (χ0n) is 12.0. The number of amides is 1. The molecular weight excluding hydrogens is 268 g/mol. The monoisotopic (exact) mass is 285 g/mol. The maximum atomic E-state index is 11.4. The highest BCUT2D eigenvalue weighted by Crippen LogP contribution is 2.08. The van der Waals surface area contributed by atoms with Crippen LogP contribution in [0.15, 0.2) is 36.5 Å². The lowest BCUT2D eigenvalue weighted by molar-refractivity contribution is -0.694. The number of benzene rings is 1. The molecular formula is C16H17N2O3+. The third kappa shape index (κ3) is 3.25. The third-order valence-electron chi connectivity index (χ3n) is 3.41. The fourth-order valence-electron chi connectivity index (χ4n) is 2.21. The maximum Gasteiger partial charge on any atom is 0.335 e. The largest absolute Gasteiger partial charge is 0.478 e. The summed E-state index contributed by atoms with van der Waals surface area (Å²) < 4.78 is 1.92. The number of nitrogens with zero attached hydrogens (tertiary/aromatic N) is 1. The first kappa shape index (κ1) is 14.7. The van der Waals surface area contributed by atoms with Crippen LogP contribution in [0.1, 0.15) is 37.5 Å². The summed E-state index contributed by atoms with van der Waals surface area (Å²) in [5.74, 6) is -1.40. The number of primary amides is 1. The SMILES string of the molecule is Cc1cc(C)[n+](Cc2ccc(C(=O)O)cc2)cc1C(N)=O. The predicted molar refractivity (Wildman–Crippen MR) is 77.1 cm³/mol. The molecule has 0 fully saturated rings. The average Bonchev–Trinajstić information content (AvgIpc) is 2.42. The minimum absolute atomic E-state index is 0.252. The number of carboxylic acids is 1. The molecule has 0 aliphatic rings. The number of carbonyl (C=O) groups is 2. The predicted octanol–water partition coefficient (Wildman–Crippen LogP) is 1.44. The van der Waals surface area contributed by atoms with Gasteiger partial charge in [0.1, 0.15) is 5.56 Å². The molecule has 21 heavy (non-hydrogen) atoms. The molecule has 1 amide bonds. The van der Waals surface area contributed by atoms with Crippen LogP contribution in [-0.2, 0) is 6.54 Å². The smallest absolute Gasteiger partial charge is 0.335 e. The highest BCUT2D eigenvalue weighted by Gasteiger charge is 2.15. The van der Waals surface area contributed by atoms with Crippen molar-refractivity contribution in [3.63, 3.8) is 0 Å². The van der Waals surface area contributed by atoms with Crippen LogP contribution in [-0.4, -0.2) is 17.0 Å². The maximum absolute atomic E-state index is 11.4. The molecule has 1 aromatic carbocycles. The van der Waals surface area contributed by atoms with Gasteiger partial charge in [-0.15, -0.1) is 0 Å². The van der Waals surface area contributed by atoms with Crippen LogP contribution in [0.3, 0.4) is 0 Å². The molecule has 5 nitrogen and oxygen atoms in total. The van der Waals surface area contributed by atoms with Crippen LogP contribution in [0.4, 0.5) is 0 Å². The summed E-state index contributed by atoms with van der Waals surface area (Å²) in [4.78, 5) is 22.2. The Morgan fingerprint density at radius 2 is 1.81 bits per heavy atom. The van der Waals surface area contributed by atoms with Crippen molar-refractivity contribution < 1.29 is 19.3 Å². The number of carboxylic acid groups (broad SMARTS) is 1. The number of pyridine rings is 1. The van der Waals surface area contributed by atoms with E-state index < -0.39 is 11.9 Å². The van der Waals surface area contributed by atoms with E-state index in [2.05, 4.69) is 0 Å². The fourth-order valence-corrected chi connectivity index (χ4v) is 2.21. The highest BCUT2D eigenvalue weighted by atomic mass is 16.4. The molecule has 0 bridgehead atoms. The van der Waals surface area contributed by atoms with Gasteiger partial charge in [0, 0.05) is 18.6 Å². The average molecular weight is 285 g/mol. The number of aromatic nitrogens is 1. The molecule has 5 heteroatoms. The number of rotatable bonds is 4. The molecule has 2 rings (SSSR count). The number of aryl methyl sites for hydroxylation is 2. The number of hydrogen-bond donors (Lipinski definition) is 2. The number of nitrogens with two attached hydrogens (primary N) is 1. The van der Waals surface area contributed by atoms with Gasteiger partial charge in [-0.05, 0) is 24.6 Å². The van der Waals surface area contributed by atoms with Gasteiger partial charge in [-0.1, -0.05) is 12.1 Å². The van der Waals surface area contributed by atoms with Crippen molar-refractivity contribution in [2.45, 2.75) is 20.4 Å². The molecule has 0 atom stereocenters. The number of carbonyl (C=O) groups excluding carboxylic acids is 1. The van der Waals surface area contributed by atoms with Gasteiger partial charge in [0.15, 0.2) is 18.4 Å². The van der Waals surface area contributed by atoms with Crippen molar-refractivity contribution in [3.05, 3.63) is 64.5 Å². The molecule has 3 N–H and O–H groups in total. The van der Waals surface area contributed by atoms with Gasteiger partial charge in [0.2, 0.25) is 0 Å². The van der Waals surface area contributed by atoms with E-state index in [0.717, 1.165) is 16.8 Å². The second-order valence-corrected chi connectivity index (χ2v) is 5.01. The van der Waals surface area contributed by atoms with Crippen molar-refractivity contribution in [1.29, 1.82) is 0 Å². The van der Waals surface area contributed by atoms with Crippen molar-refractivity contribution in [2.75, 3.05) is 0 Å². The molecule has 1 aromatic heterocycles. The van der Waals surface area contributed by atoms with Crippen LogP contribution in [0, 0.1) is 13.8 Å². The summed E-state index contributed by atoms with van der Waals surface area (Å²) in [5.41, 5.74) is 8.90. The summed E-state index contributed by atoms with van der Waals surface area (Å²) in [6, 6.07) is 8.57. The van der Waals surface area contributed by atoms with Gasteiger partial charge < -0.3 is 10.8 Å². The van der Waals surface area contributed by atoms with Crippen LogP contribution >= 0.6 is 0 Å². The zero-order chi connectivity index (χ0) is 15.6. The van der Waals surface area contributed by atoms with Gasteiger partial charge in [-0.2, -0.15) is 4.57 Å². The summed E-state index contributed by atoms with van der Waals surface area (Å²) in [5, 5.41) is 8.88. The second-order valence-electron chi connectivity index (χ2n) is 5.01. The summed E-state index contributed by atoms with van der Waals surface area (Å²) in [6.07, 6.45) is 1.73.